The van der Waals surface area contributed by atoms with Gasteiger partial charge in [0.1, 0.15) is 11.6 Å². The molecule has 0 saturated carbocycles. The van der Waals surface area contributed by atoms with Crippen LogP contribution in [0.1, 0.15) is 47.3 Å². The summed E-state index contributed by atoms with van der Waals surface area (Å²) >= 11 is 2.68. The van der Waals surface area contributed by atoms with E-state index in [1.807, 2.05) is 25.3 Å². The maximum absolute atomic E-state index is 13.1. The molecule has 1 aliphatic rings. The summed E-state index contributed by atoms with van der Waals surface area (Å²) < 4.78 is 0.733. The number of hydrogen-bond acceptors (Lipinski definition) is 9. The Morgan fingerprint density at radius 3 is 2.44 bits per heavy atom. The van der Waals surface area contributed by atoms with Crippen molar-refractivity contribution in [3.63, 3.8) is 0 Å². The number of anilines is 1. The van der Waals surface area contributed by atoms with Crippen LogP contribution in [0.3, 0.4) is 0 Å². The Morgan fingerprint density at radius 2 is 1.82 bits per heavy atom. The van der Waals surface area contributed by atoms with Crippen molar-refractivity contribution in [1.29, 1.82) is 0 Å². The second-order valence-electron chi connectivity index (χ2n) is 8.46. The summed E-state index contributed by atoms with van der Waals surface area (Å²) in [6.07, 6.45) is 0. The third-order valence-corrected chi connectivity index (χ3v) is 7.58. The minimum absolute atomic E-state index is 0.0833. The van der Waals surface area contributed by atoms with Gasteiger partial charge >= 0.3 is 0 Å². The van der Waals surface area contributed by atoms with E-state index in [9.17, 15) is 14.9 Å². The van der Waals surface area contributed by atoms with Gasteiger partial charge in [0.25, 0.3) is 11.6 Å². The van der Waals surface area contributed by atoms with Gasteiger partial charge < -0.3 is 9.80 Å². The van der Waals surface area contributed by atoms with Crippen LogP contribution in [0, 0.1) is 24.0 Å². The number of nitrogens with zero attached hydrogens (tertiary/aromatic N) is 6. The van der Waals surface area contributed by atoms with Crippen molar-refractivity contribution in [1.82, 2.24) is 19.9 Å². The predicted molar refractivity (Wildman–Crippen MR) is 133 cm³/mol. The van der Waals surface area contributed by atoms with E-state index in [2.05, 4.69) is 28.7 Å². The second kappa shape index (κ2) is 10.1. The summed E-state index contributed by atoms with van der Waals surface area (Å²) in [5.41, 5.74) is 2.03. The van der Waals surface area contributed by atoms with Gasteiger partial charge in [0, 0.05) is 66.6 Å². The van der Waals surface area contributed by atoms with Crippen molar-refractivity contribution in [2.24, 2.45) is 0 Å². The molecule has 1 aromatic carbocycles. The van der Waals surface area contributed by atoms with Crippen LogP contribution in [0.4, 0.5) is 11.5 Å². The topological polar surface area (TPSA) is 105 Å². The third-order valence-electron chi connectivity index (χ3n) is 5.46. The van der Waals surface area contributed by atoms with Gasteiger partial charge in [0.15, 0.2) is 4.34 Å². The summed E-state index contributed by atoms with van der Waals surface area (Å²) in [6, 6.07) is 6.64. The van der Waals surface area contributed by atoms with Crippen molar-refractivity contribution in [3.05, 3.63) is 62.5 Å². The van der Waals surface area contributed by atoms with Gasteiger partial charge in [0.05, 0.1) is 9.82 Å². The van der Waals surface area contributed by atoms with Crippen molar-refractivity contribution in [2.45, 2.75) is 42.8 Å². The monoisotopic (exact) mass is 498 g/mol. The fourth-order valence-electron chi connectivity index (χ4n) is 3.67. The van der Waals surface area contributed by atoms with Crippen molar-refractivity contribution in [2.75, 3.05) is 31.1 Å². The van der Waals surface area contributed by atoms with Gasteiger partial charge in [-0.2, -0.15) is 0 Å². The minimum Gasteiger partial charge on any atom is -0.353 e. The summed E-state index contributed by atoms with van der Waals surface area (Å²) in [6.45, 7) is 10.3. The van der Waals surface area contributed by atoms with E-state index < -0.39 is 4.92 Å². The molecule has 1 aliphatic heterocycles. The SMILES string of the molecule is Cc1cc(N2CCN(C(=O)c3ccc(Sc4nc(C)cs4)c([N+](=O)[O-])c3)CC2)nc(C(C)C)n1. The lowest BCUT2D eigenvalue weighted by molar-refractivity contribution is -0.387. The Balaban J connectivity index is 1.46. The first-order valence-electron chi connectivity index (χ1n) is 11.0. The molecule has 178 valence electrons. The number of aromatic nitrogens is 3. The molecule has 0 N–H and O–H groups in total. The van der Waals surface area contributed by atoms with Gasteiger partial charge in [-0.1, -0.05) is 25.6 Å². The van der Waals surface area contributed by atoms with Crippen LogP contribution in [0.25, 0.3) is 0 Å². The Labute approximate surface area is 206 Å². The number of aryl methyl sites for hydroxylation is 2. The van der Waals surface area contributed by atoms with E-state index in [1.165, 1.54) is 29.2 Å². The summed E-state index contributed by atoms with van der Waals surface area (Å²) in [5, 5.41) is 13.6. The van der Waals surface area contributed by atoms with E-state index in [0.717, 1.165) is 27.4 Å². The highest BCUT2D eigenvalue weighted by Gasteiger charge is 2.26. The van der Waals surface area contributed by atoms with Gasteiger partial charge in [-0.15, -0.1) is 11.3 Å². The van der Waals surface area contributed by atoms with Crippen molar-refractivity contribution < 1.29 is 9.72 Å². The van der Waals surface area contributed by atoms with Gasteiger partial charge in [-0.25, -0.2) is 15.0 Å². The van der Waals surface area contributed by atoms with Crippen LogP contribution >= 0.6 is 23.1 Å². The summed E-state index contributed by atoms with van der Waals surface area (Å²) in [4.78, 5) is 42.3. The number of amides is 1. The zero-order valence-electron chi connectivity index (χ0n) is 19.5. The normalized spacial score (nSPS) is 14.0. The largest absolute Gasteiger partial charge is 0.353 e. The molecule has 0 aliphatic carbocycles. The standard InChI is InChI=1S/C23H26N6O3S2/c1-14(2)21-24-15(3)11-20(26-21)27-7-9-28(10-8-27)22(30)17-5-6-19(18(12-17)29(31)32)34-23-25-16(4)13-33-23/h5-6,11-14H,7-10H2,1-4H3. The first-order valence-corrected chi connectivity index (χ1v) is 12.7. The van der Waals surface area contributed by atoms with Gasteiger partial charge in [-0.3, -0.25) is 14.9 Å². The highest BCUT2D eigenvalue weighted by molar-refractivity contribution is 8.01. The fraction of sp³-hybridized carbons (Fsp3) is 0.391. The lowest BCUT2D eigenvalue weighted by Gasteiger charge is -2.35. The van der Waals surface area contributed by atoms with Crippen LogP contribution in [0.2, 0.25) is 0 Å². The van der Waals surface area contributed by atoms with Crippen molar-refractivity contribution in [3.8, 4) is 0 Å². The first kappa shape index (κ1) is 24.1. The Bertz CT molecular complexity index is 1220. The smallest absolute Gasteiger partial charge is 0.284 e. The average molecular weight is 499 g/mol. The molecule has 1 saturated heterocycles. The quantitative estimate of drug-likeness (QED) is 0.356. The lowest BCUT2D eigenvalue weighted by atomic mass is 10.1. The minimum atomic E-state index is -0.443. The molecule has 0 atom stereocenters. The Kier molecular flexibility index (Phi) is 7.13. The molecule has 0 bridgehead atoms. The third kappa shape index (κ3) is 5.36. The van der Waals surface area contributed by atoms with Crippen LogP contribution in [-0.2, 0) is 0 Å². The molecule has 1 fully saturated rings. The zero-order chi connectivity index (χ0) is 24.4. The number of carbonyl (C=O) groups excluding carboxylic acids is 1. The number of carbonyl (C=O) groups is 1. The van der Waals surface area contributed by atoms with Crippen LogP contribution in [-0.4, -0.2) is 56.9 Å². The predicted octanol–water partition coefficient (Wildman–Crippen LogP) is 4.70. The summed E-state index contributed by atoms with van der Waals surface area (Å²) in [5.74, 6) is 1.72. The molecule has 0 unspecified atom stereocenters. The Morgan fingerprint density at radius 1 is 1.09 bits per heavy atom. The summed E-state index contributed by atoms with van der Waals surface area (Å²) in [7, 11) is 0. The number of piperazine rings is 1. The molecule has 0 spiro atoms. The van der Waals surface area contributed by atoms with E-state index in [0.29, 0.717) is 36.6 Å². The lowest BCUT2D eigenvalue weighted by Crippen LogP contribution is -2.49. The highest BCUT2D eigenvalue weighted by atomic mass is 32.2. The molecular formula is C23H26N6O3S2. The van der Waals surface area contributed by atoms with Crippen LogP contribution in [0.15, 0.2) is 38.9 Å². The number of thiazole rings is 1. The van der Waals surface area contributed by atoms with E-state index in [4.69, 9.17) is 4.98 Å². The molecule has 9 nitrogen and oxygen atoms in total. The molecular weight excluding hydrogens is 472 g/mol. The van der Waals surface area contributed by atoms with Gasteiger partial charge in [-0.05, 0) is 26.0 Å². The average Bonchev–Trinajstić information content (AvgIpc) is 3.22. The molecule has 3 heterocycles. The fourth-order valence-corrected chi connectivity index (χ4v) is 5.55. The molecule has 4 rings (SSSR count). The molecule has 3 aromatic rings. The molecule has 2 aromatic heterocycles. The van der Waals surface area contributed by atoms with E-state index in [1.54, 1.807) is 17.0 Å². The van der Waals surface area contributed by atoms with Crippen LogP contribution < -0.4 is 4.90 Å². The molecule has 0 radical (unpaired) electrons. The Hall–Kier alpha value is -3.05. The van der Waals surface area contributed by atoms with Crippen LogP contribution in [0.5, 0.6) is 0 Å². The van der Waals surface area contributed by atoms with E-state index >= 15 is 0 Å². The number of nitro groups is 1. The highest BCUT2D eigenvalue weighted by Crippen LogP contribution is 2.37. The zero-order valence-corrected chi connectivity index (χ0v) is 21.2. The first-order chi connectivity index (χ1) is 16.2. The van der Waals surface area contributed by atoms with Crippen molar-refractivity contribution >= 4 is 40.5 Å². The maximum Gasteiger partial charge on any atom is 0.284 e. The number of hydrogen-bond donors (Lipinski definition) is 0. The van der Waals surface area contributed by atoms with Gasteiger partial charge in [0.2, 0.25) is 0 Å². The number of nitro benzene ring substituents is 1. The second-order valence-corrected chi connectivity index (χ2v) is 10.6. The number of rotatable bonds is 6. The molecule has 11 heteroatoms. The molecule has 34 heavy (non-hydrogen) atoms. The number of benzene rings is 1. The maximum atomic E-state index is 13.1. The molecule has 1 amide bonds. The van der Waals surface area contributed by atoms with E-state index in [-0.39, 0.29) is 17.5 Å².